The van der Waals surface area contributed by atoms with E-state index in [1.54, 1.807) is 6.92 Å². The number of phenolic OH excluding ortho intramolecular Hbond substituents is 1. The standard InChI is InChI=1S/C25H30N2O6/c1-14-21(24(30)33-16-7-5-4-6-8-16)22(15-9-10-19(28)18(11-15)27(31)32)23-17(26-14)12-25(2,3)13-20(23)29/h9-11,16,22,26,28H,4-8,12-13H2,1-3H3. The molecule has 1 heterocycles. The smallest absolute Gasteiger partial charge is 0.337 e. The SMILES string of the molecule is CC1=C(C(=O)OC2CCCCC2)C(c2ccc(O)c([N+](=O)[O-])c2)C2=C(CC(C)(C)CC2=O)N1. The third-order valence-corrected chi connectivity index (χ3v) is 6.82. The lowest BCUT2D eigenvalue weighted by atomic mass is 9.68. The molecule has 3 aliphatic rings. The molecule has 2 aliphatic carbocycles. The van der Waals surface area contributed by atoms with Gasteiger partial charge in [-0.05, 0) is 56.1 Å². The van der Waals surface area contributed by atoms with Crippen molar-refractivity contribution in [2.75, 3.05) is 0 Å². The van der Waals surface area contributed by atoms with E-state index < -0.39 is 28.2 Å². The monoisotopic (exact) mass is 454 g/mol. The highest BCUT2D eigenvalue weighted by molar-refractivity contribution is 6.04. The summed E-state index contributed by atoms with van der Waals surface area (Å²) in [6, 6.07) is 4.04. The van der Waals surface area contributed by atoms with Gasteiger partial charge in [-0.15, -0.1) is 0 Å². The molecule has 1 unspecified atom stereocenters. The minimum atomic E-state index is -0.791. The maximum absolute atomic E-state index is 13.4. The summed E-state index contributed by atoms with van der Waals surface area (Å²) in [7, 11) is 0. The van der Waals surface area contributed by atoms with Gasteiger partial charge in [-0.25, -0.2) is 4.79 Å². The molecular formula is C25H30N2O6. The number of rotatable bonds is 4. The molecule has 0 spiro atoms. The number of allylic oxidation sites excluding steroid dienone is 3. The molecule has 0 radical (unpaired) electrons. The highest BCUT2D eigenvalue weighted by atomic mass is 16.6. The molecule has 1 atom stereocenters. The second-order valence-electron chi connectivity index (χ2n) is 10.1. The molecule has 4 rings (SSSR count). The number of nitrogens with zero attached hydrogens (tertiary/aromatic N) is 1. The minimum absolute atomic E-state index is 0.0926. The van der Waals surface area contributed by atoms with Gasteiger partial charge in [0.2, 0.25) is 0 Å². The zero-order valence-corrected chi connectivity index (χ0v) is 19.3. The second kappa shape index (κ2) is 8.65. The Bertz CT molecular complexity index is 1080. The van der Waals surface area contributed by atoms with Gasteiger partial charge in [0.05, 0.1) is 10.5 Å². The van der Waals surface area contributed by atoms with Crippen LogP contribution >= 0.6 is 0 Å². The van der Waals surface area contributed by atoms with E-state index in [-0.39, 0.29) is 17.3 Å². The van der Waals surface area contributed by atoms with Crippen molar-refractivity contribution < 1.29 is 24.4 Å². The minimum Gasteiger partial charge on any atom is -0.502 e. The first-order valence-electron chi connectivity index (χ1n) is 11.5. The molecule has 1 saturated carbocycles. The number of carbonyl (C=O) groups excluding carboxylic acids is 2. The molecule has 2 N–H and O–H groups in total. The Morgan fingerprint density at radius 1 is 1.21 bits per heavy atom. The third-order valence-electron chi connectivity index (χ3n) is 6.82. The van der Waals surface area contributed by atoms with Crippen LogP contribution in [0.4, 0.5) is 5.69 Å². The highest BCUT2D eigenvalue weighted by Crippen LogP contribution is 2.48. The maximum Gasteiger partial charge on any atom is 0.337 e. The molecule has 8 heteroatoms. The van der Waals surface area contributed by atoms with E-state index in [0.717, 1.165) is 37.8 Å². The van der Waals surface area contributed by atoms with Gasteiger partial charge in [0.1, 0.15) is 6.10 Å². The fraction of sp³-hybridized carbons (Fsp3) is 0.520. The number of nitro groups is 1. The summed E-state index contributed by atoms with van der Waals surface area (Å²) in [5.74, 6) is -1.85. The van der Waals surface area contributed by atoms with Crippen molar-refractivity contribution in [1.29, 1.82) is 0 Å². The molecule has 1 aromatic carbocycles. The number of carbonyl (C=O) groups is 2. The Balaban J connectivity index is 1.81. The summed E-state index contributed by atoms with van der Waals surface area (Å²) in [5, 5.41) is 24.7. The second-order valence-corrected chi connectivity index (χ2v) is 10.1. The molecule has 0 bridgehead atoms. The van der Waals surface area contributed by atoms with Crippen LogP contribution in [0.15, 0.2) is 40.7 Å². The Morgan fingerprint density at radius 3 is 2.58 bits per heavy atom. The lowest BCUT2D eigenvalue weighted by Crippen LogP contribution is -2.39. The number of nitrogens with one attached hydrogen (secondary N) is 1. The maximum atomic E-state index is 13.4. The number of hydrogen-bond donors (Lipinski definition) is 2. The van der Waals surface area contributed by atoms with Crippen molar-refractivity contribution in [1.82, 2.24) is 5.32 Å². The number of ketones is 1. The van der Waals surface area contributed by atoms with E-state index >= 15 is 0 Å². The van der Waals surface area contributed by atoms with Gasteiger partial charge in [-0.1, -0.05) is 26.3 Å². The molecule has 176 valence electrons. The van der Waals surface area contributed by atoms with Gasteiger partial charge in [-0.2, -0.15) is 0 Å². The van der Waals surface area contributed by atoms with Crippen molar-refractivity contribution in [2.45, 2.75) is 77.7 Å². The number of dihydropyridines is 1. The zero-order valence-electron chi connectivity index (χ0n) is 19.3. The summed E-state index contributed by atoms with van der Waals surface area (Å²) in [6.07, 6.45) is 5.51. The molecule has 0 saturated heterocycles. The number of nitro benzene ring substituents is 1. The van der Waals surface area contributed by atoms with Gasteiger partial charge >= 0.3 is 11.7 Å². The normalized spacial score (nSPS) is 23.1. The van der Waals surface area contributed by atoms with Crippen LogP contribution < -0.4 is 5.32 Å². The largest absolute Gasteiger partial charge is 0.502 e. The van der Waals surface area contributed by atoms with E-state index in [0.29, 0.717) is 35.2 Å². The first-order valence-corrected chi connectivity index (χ1v) is 11.5. The van der Waals surface area contributed by atoms with Crippen LogP contribution in [-0.4, -0.2) is 27.9 Å². The van der Waals surface area contributed by atoms with E-state index in [9.17, 15) is 24.8 Å². The third kappa shape index (κ3) is 4.51. The lowest BCUT2D eigenvalue weighted by molar-refractivity contribution is -0.385. The van der Waals surface area contributed by atoms with Crippen molar-refractivity contribution in [3.8, 4) is 5.75 Å². The van der Waals surface area contributed by atoms with Gasteiger partial charge < -0.3 is 15.2 Å². The van der Waals surface area contributed by atoms with Crippen LogP contribution in [0.3, 0.4) is 0 Å². The summed E-state index contributed by atoms with van der Waals surface area (Å²) >= 11 is 0. The van der Waals surface area contributed by atoms with Crippen LogP contribution in [-0.2, 0) is 14.3 Å². The predicted molar refractivity (Wildman–Crippen MR) is 121 cm³/mol. The topological polar surface area (TPSA) is 119 Å². The van der Waals surface area contributed by atoms with Gasteiger partial charge in [-0.3, -0.25) is 14.9 Å². The van der Waals surface area contributed by atoms with Crippen molar-refractivity contribution in [3.63, 3.8) is 0 Å². The van der Waals surface area contributed by atoms with Crippen LogP contribution in [0.1, 0.15) is 77.2 Å². The Kier molecular flexibility index (Phi) is 6.03. The highest BCUT2D eigenvalue weighted by Gasteiger charge is 2.44. The number of phenols is 1. The fourth-order valence-corrected chi connectivity index (χ4v) is 5.30. The number of esters is 1. The van der Waals surface area contributed by atoms with Crippen molar-refractivity contribution in [3.05, 3.63) is 56.4 Å². The Labute approximate surface area is 192 Å². The van der Waals surface area contributed by atoms with Crippen LogP contribution in [0.25, 0.3) is 0 Å². The van der Waals surface area contributed by atoms with Crippen molar-refractivity contribution in [2.24, 2.45) is 5.41 Å². The molecule has 1 aliphatic heterocycles. The van der Waals surface area contributed by atoms with Gasteiger partial charge in [0, 0.05) is 35.4 Å². The summed E-state index contributed by atoms with van der Waals surface area (Å²) in [4.78, 5) is 37.6. The van der Waals surface area contributed by atoms with Gasteiger partial charge in [0.15, 0.2) is 11.5 Å². The van der Waals surface area contributed by atoms with E-state index in [1.165, 1.54) is 18.2 Å². The molecule has 0 aromatic heterocycles. The molecule has 33 heavy (non-hydrogen) atoms. The van der Waals surface area contributed by atoms with Crippen LogP contribution in [0, 0.1) is 15.5 Å². The number of ether oxygens (including phenoxy) is 1. The molecule has 0 amide bonds. The summed E-state index contributed by atoms with van der Waals surface area (Å²) < 4.78 is 5.86. The van der Waals surface area contributed by atoms with E-state index in [4.69, 9.17) is 4.74 Å². The van der Waals surface area contributed by atoms with Crippen molar-refractivity contribution >= 4 is 17.4 Å². The Hall–Kier alpha value is -3.16. The lowest BCUT2D eigenvalue weighted by Gasteiger charge is -2.39. The first-order chi connectivity index (χ1) is 15.6. The molecule has 1 aromatic rings. The van der Waals surface area contributed by atoms with E-state index in [1.807, 2.05) is 13.8 Å². The molecule has 8 nitrogen and oxygen atoms in total. The average molecular weight is 455 g/mol. The quantitative estimate of drug-likeness (QED) is 0.382. The number of hydrogen-bond acceptors (Lipinski definition) is 7. The number of benzene rings is 1. The molecular weight excluding hydrogens is 424 g/mol. The van der Waals surface area contributed by atoms with E-state index in [2.05, 4.69) is 5.32 Å². The fourth-order valence-electron chi connectivity index (χ4n) is 5.30. The van der Waals surface area contributed by atoms with Crippen LogP contribution in [0.2, 0.25) is 0 Å². The van der Waals surface area contributed by atoms with Gasteiger partial charge in [0.25, 0.3) is 0 Å². The number of Topliss-reactive ketones (excluding diaryl/α,β-unsaturated/α-hetero) is 1. The molecule has 1 fully saturated rings. The number of aromatic hydroxyl groups is 1. The predicted octanol–water partition coefficient (Wildman–Crippen LogP) is 4.78. The summed E-state index contributed by atoms with van der Waals surface area (Å²) in [6.45, 7) is 5.81. The van der Waals surface area contributed by atoms with Crippen LogP contribution in [0.5, 0.6) is 5.75 Å². The average Bonchev–Trinajstić information content (AvgIpc) is 2.72. The zero-order chi connectivity index (χ0) is 23.9. The summed E-state index contributed by atoms with van der Waals surface area (Å²) in [5.41, 5.74) is 1.78. The first kappa shape index (κ1) is 23.0. The Morgan fingerprint density at radius 2 is 1.91 bits per heavy atom.